The van der Waals surface area contributed by atoms with Crippen LogP contribution in [0.4, 0.5) is 5.13 Å². The molecule has 4 aromatic rings. The average Bonchev–Trinajstić information content (AvgIpc) is 3.17. The van der Waals surface area contributed by atoms with Gasteiger partial charge in [0.25, 0.3) is 11.8 Å². The van der Waals surface area contributed by atoms with Gasteiger partial charge in [0.2, 0.25) is 0 Å². The predicted molar refractivity (Wildman–Crippen MR) is 129 cm³/mol. The third kappa shape index (κ3) is 3.41. The first-order valence-corrected chi connectivity index (χ1v) is 12.6. The summed E-state index contributed by atoms with van der Waals surface area (Å²) in [6.45, 7) is 2.26. The molecule has 10 heteroatoms. The van der Waals surface area contributed by atoms with Crippen LogP contribution in [0, 0.1) is 12.8 Å². The summed E-state index contributed by atoms with van der Waals surface area (Å²) < 4.78 is 1.82. The standard InChI is InChI=1S/C23H22N6O2S2/c1-12-19(28-6-7-32-23(28)26-12)20(30)25-10-14-8-13-9-18(13)29(14)21(31)16-5-3-2-4-15(16)17-11-33-22(24)27-17/h2-7,11,13-14,18H,8-10H2,1H3,(H2,24,27)(H,25,30)/t13-,14+,18+/m1/s1. The number of hydrogen-bond acceptors (Lipinski definition) is 7. The normalized spacial score (nSPS) is 21.4. The molecule has 4 heterocycles. The summed E-state index contributed by atoms with van der Waals surface area (Å²) in [5, 5.41) is 7.33. The molecule has 3 aromatic heterocycles. The largest absolute Gasteiger partial charge is 0.375 e. The minimum absolute atomic E-state index is 0.0119. The number of anilines is 1. The highest BCUT2D eigenvalue weighted by molar-refractivity contribution is 7.15. The van der Waals surface area contributed by atoms with Crippen LogP contribution in [-0.4, -0.2) is 49.7 Å². The maximum Gasteiger partial charge on any atom is 0.270 e. The van der Waals surface area contributed by atoms with Crippen molar-refractivity contribution < 1.29 is 9.59 Å². The Morgan fingerprint density at radius 2 is 2.06 bits per heavy atom. The van der Waals surface area contributed by atoms with E-state index < -0.39 is 0 Å². The van der Waals surface area contributed by atoms with E-state index in [9.17, 15) is 9.59 Å². The molecule has 1 saturated carbocycles. The van der Waals surface area contributed by atoms with Gasteiger partial charge in [-0.2, -0.15) is 0 Å². The number of benzene rings is 1. The second kappa shape index (κ2) is 7.67. The molecule has 3 atom stereocenters. The Kier molecular flexibility index (Phi) is 4.73. The number of thiazole rings is 2. The van der Waals surface area contributed by atoms with E-state index in [1.54, 1.807) is 0 Å². The number of imidazole rings is 1. The number of aryl methyl sites for hydroxylation is 1. The van der Waals surface area contributed by atoms with Gasteiger partial charge in [-0.15, -0.1) is 22.7 Å². The molecule has 1 aliphatic heterocycles. The molecule has 0 unspecified atom stereocenters. The van der Waals surface area contributed by atoms with E-state index in [-0.39, 0.29) is 23.9 Å². The fraction of sp³-hybridized carbons (Fsp3) is 0.304. The highest BCUT2D eigenvalue weighted by Gasteiger charge is 2.54. The average molecular weight is 479 g/mol. The van der Waals surface area contributed by atoms with Crippen LogP contribution in [0.5, 0.6) is 0 Å². The molecule has 6 rings (SSSR count). The predicted octanol–water partition coefficient (Wildman–Crippen LogP) is 3.44. The third-order valence-electron chi connectivity index (χ3n) is 6.55. The Bertz CT molecular complexity index is 1390. The van der Waals surface area contributed by atoms with Gasteiger partial charge in [0, 0.05) is 40.7 Å². The van der Waals surface area contributed by atoms with Gasteiger partial charge in [-0.05, 0) is 31.7 Å². The molecule has 1 aromatic carbocycles. The summed E-state index contributed by atoms with van der Waals surface area (Å²) in [7, 11) is 0. The molecular weight excluding hydrogens is 456 g/mol. The zero-order valence-corrected chi connectivity index (χ0v) is 19.5. The topological polar surface area (TPSA) is 106 Å². The number of rotatable bonds is 5. The van der Waals surface area contributed by atoms with Crippen molar-refractivity contribution in [1.82, 2.24) is 24.6 Å². The number of carbonyl (C=O) groups is 2. The van der Waals surface area contributed by atoms with Gasteiger partial charge >= 0.3 is 0 Å². The molecule has 1 aliphatic carbocycles. The fourth-order valence-corrected chi connectivity index (χ4v) is 6.29. The number of likely N-dealkylation sites (tertiary alicyclic amines) is 1. The zero-order valence-electron chi connectivity index (χ0n) is 17.9. The van der Waals surface area contributed by atoms with Crippen molar-refractivity contribution in [2.45, 2.75) is 31.8 Å². The zero-order chi connectivity index (χ0) is 22.7. The minimum Gasteiger partial charge on any atom is -0.375 e. The summed E-state index contributed by atoms with van der Waals surface area (Å²) in [6, 6.07) is 7.74. The van der Waals surface area contributed by atoms with E-state index in [2.05, 4.69) is 15.3 Å². The lowest BCUT2D eigenvalue weighted by molar-refractivity contribution is 0.0689. The number of fused-ring (bicyclic) bond motifs is 2. The third-order valence-corrected chi connectivity index (χ3v) is 7.98. The second-order valence-corrected chi connectivity index (χ2v) is 10.4. The minimum atomic E-state index is -0.162. The van der Waals surface area contributed by atoms with Crippen molar-refractivity contribution in [2.75, 3.05) is 12.3 Å². The van der Waals surface area contributed by atoms with E-state index in [0.29, 0.717) is 40.2 Å². The van der Waals surface area contributed by atoms with Crippen LogP contribution in [0.1, 0.15) is 39.4 Å². The molecule has 0 spiro atoms. The van der Waals surface area contributed by atoms with Crippen molar-refractivity contribution in [3.8, 4) is 11.3 Å². The number of amides is 2. The van der Waals surface area contributed by atoms with Crippen molar-refractivity contribution in [2.24, 2.45) is 5.92 Å². The van der Waals surface area contributed by atoms with Crippen LogP contribution >= 0.6 is 22.7 Å². The number of nitrogens with one attached hydrogen (secondary N) is 1. The maximum absolute atomic E-state index is 13.7. The highest BCUT2D eigenvalue weighted by atomic mass is 32.1. The summed E-state index contributed by atoms with van der Waals surface area (Å²) in [6.07, 6.45) is 3.79. The SMILES string of the molecule is Cc1nc2sccn2c1C(=O)NC[C@@H]1C[C@@H]2C[C@@H]2N1C(=O)c1ccccc1-c1csc(N)n1. The van der Waals surface area contributed by atoms with Crippen LogP contribution in [0.15, 0.2) is 41.2 Å². The number of piperidine rings is 1. The van der Waals surface area contributed by atoms with Crippen molar-refractivity contribution in [3.05, 3.63) is 58.2 Å². The number of aromatic nitrogens is 3. The Balaban J connectivity index is 1.23. The summed E-state index contributed by atoms with van der Waals surface area (Å²) in [5.74, 6) is 0.338. The van der Waals surface area contributed by atoms with Crippen molar-refractivity contribution in [1.29, 1.82) is 0 Å². The summed E-state index contributed by atoms with van der Waals surface area (Å²) >= 11 is 2.86. The fourth-order valence-electron chi connectivity index (χ4n) is 4.96. The maximum atomic E-state index is 13.7. The van der Waals surface area contributed by atoms with Crippen molar-refractivity contribution >= 4 is 44.6 Å². The number of nitrogen functional groups attached to an aromatic ring is 1. The van der Waals surface area contributed by atoms with Gasteiger partial charge < -0.3 is 16.0 Å². The molecule has 3 N–H and O–H groups in total. The van der Waals surface area contributed by atoms with Gasteiger partial charge in [0.05, 0.1) is 17.4 Å². The first-order valence-electron chi connectivity index (χ1n) is 10.8. The Labute approximate surface area is 198 Å². The number of carbonyl (C=O) groups excluding carboxylic acids is 2. The molecule has 168 valence electrons. The van der Waals surface area contributed by atoms with E-state index in [1.165, 1.54) is 22.7 Å². The summed E-state index contributed by atoms with van der Waals surface area (Å²) in [5.41, 5.74) is 9.22. The van der Waals surface area contributed by atoms with E-state index in [1.807, 2.05) is 57.4 Å². The monoisotopic (exact) mass is 478 g/mol. The highest BCUT2D eigenvalue weighted by Crippen LogP contribution is 2.48. The lowest BCUT2D eigenvalue weighted by atomic mass is 10.0. The molecule has 2 amide bonds. The molecule has 0 bridgehead atoms. The first-order chi connectivity index (χ1) is 16.0. The Morgan fingerprint density at radius 1 is 1.21 bits per heavy atom. The van der Waals surface area contributed by atoms with Gasteiger partial charge in [-0.1, -0.05) is 18.2 Å². The number of nitrogens with two attached hydrogens (primary N) is 1. The van der Waals surface area contributed by atoms with Crippen molar-refractivity contribution in [3.63, 3.8) is 0 Å². The number of nitrogens with zero attached hydrogens (tertiary/aromatic N) is 4. The van der Waals surface area contributed by atoms with Gasteiger partial charge in [-0.25, -0.2) is 9.97 Å². The Hall–Kier alpha value is -3.24. The molecule has 8 nitrogen and oxygen atoms in total. The van der Waals surface area contributed by atoms with Crippen LogP contribution in [0.2, 0.25) is 0 Å². The second-order valence-electron chi connectivity index (χ2n) is 8.59. The smallest absolute Gasteiger partial charge is 0.270 e. The molecule has 2 fully saturated rings. The van der Waals surface area contributed by atoms with Crippen LogP contribution in [-0.2, 0) is 0 Å². The van der Waals surface area contributed by atoms with Gasteiger partial charge in [-0.3, -0.25) is 14.0 Å². The van der Waals surface area contributed by atoms with E-state index in [4.69, 9.17) is 5.73 Å². The van der Waals surface area contributed by atoms with E-state index in [0.717, 1.165) is 23.4 Å². The first kappa shape index (κ1) is 20.4. The quantitative estimate of drug-likeness (QED) is 0.457. The molecule has 2 aliphatic rings. The van der Waals surface area contributed by atoms with Crippen LogP contribution in [0.25, 0.3) is 16.2 Å². The molecule has 33 heavy (non-hydrogen) atoms. The summed E-state index contributed by atoms with van der Waals surface area (Å²) in [4.78, 5) is 38.3. The molecule has 0 radical (unpaired) electrons. The molecular formula is C23H22N6O2S2. The number of hydrogen-bond donors (Lipinski definition) is 2. The van der Waals surface area contributed by atoms with Gasteiger partial charge in [0.15, 0.2) is 10.1 Å². The van der Waals surface area contributed by atoms with Crippen LogP contribution < -0.4 is 11.1 Å². The lowest BCUT2D eigenvalue weighted by Gasteiger charge is -2.28. The van der Waals surface area contributed by atoms with Gasteiger partial charge in [0.1, 0.15) is 5.69 Å². The molecule has 1 saturated heterocycles. The van der Waals surface area contributed by atoms with E-state index >= 15 is 0 Å². The Morgan fingerprint density at radius 3 is 2.88 bits per heavy atom. The van der Waals surface area contributed by atoms with Crippen LogP contribution in [0.3, 0.4) is 0 Å². The lowest BCUT2D eigenvalue weighted by Crippen LogP contribution is -2.45.